The molecule has 5 nitrogen and oxygen atoms in total. The van der Waals surface area contributed by atoms with E-state index in [1.54, 1.807) is 0 Å². The van der Waals surface area contributed by atoms with Gasteiger partial charge in [0.2, 0.25) is 5.91 Å². The Hall–Kier alpha value is -0.720. The quantitative estimate of drug-likeness (QED) is 0.836. The largest absolute Gasteiger partial charge is 0.355 e. The second-order valence-corrected chi connectivity index (χ2v) is 4.48. The van der Waals surface area contributed by atoms with Gasteiger partial charge in [-0.1, -0.05) is 16.1 Å². The summed E-state index contributed by atoms with van der Waals surface area (Å²) >= 11 is 7.00. The van der Waals surface area contributed by atoms with Gasteiger partial charge in [-0.3, -0.25) is 9.69 Å². The van der Waals surface area contributed by atoms with Gasteiger partial charge in [0.05, 0.1) is 6.54 Å². The summed E-state index contributed by atoms with van der Waals surface area (Å²) in [6, 6.07) is 0. The molecule has 84 valence electrons. The van der Waals surface area contributed by atoms with Crippen molar-refractivity contribution in [3.63, 3.8) is 0 Å². The summed E-state index contributed by atoms with van der Waals surface area (Å²) in [6.45, 7) is 3.40. The van der Waals surface area contributed by atoms with E-state index >= 15 is 0 Å². The second kappa shape index (κ2) is 5.99. The lowest BCUT2D eigenvalue weighted by atomic mass is 10.4. The molecule has 1 aromatic rings. The molecule has 0 spiro atoms. The first kappa shape index (κ1) is 12.4. The van der Waals surface area contributed by atoms with Crippen LogP contribution in [0.25, 0.3) is 0 Å². The minimum Gasteiger partial charge on any atom is -0.355 e. The van der Waals surface area contributed by atoms with E-state index < -0.39 is 0 Å². The summed E-state index contributed by atoms with van der Waals surface area (Å²) in [4.78, 5) is 13.1. The van der Waals surface area contributed by atoms with E-state index in [1.807, 2.05) is 18.9 Å². The predicted octanol–water partition coefficient (Wildman–Crippen LogP) is 0.759. The van der Waals surface area contributed by atoms with Crippen LogP contribution in [-0.4, -0.2) is 40.5 Å². The normalized spacial score (nSPS) is 10.7. The number of likely N-dealkylation sites (N-methyl/N-ethyl adjacent to an activating group) is 2. The van der Waals surface area contributed by atoms with Gasteiger partial charge >= 0.3 is 0 Å². The van der Waals surface area contributed by atoms with Crippen LogP contribution in [0.3, 0.4) is 0 Å². The van der Waals surface area contributed by atoms with Crippen molar-refractivity contribution in [1.82, 2.24) is 19.8 Å². The first-order chi connectivity index (χ1) is 7.13. The van der Waals surface area contributed by atoms with Gasteiger partial charge in [-0.05, 0) is 14.0 Å². The van der Waals surface area contributed by atoms with Crippen LogP contribution in [0, 0.1) is 0 Å². The Morgan fingerprint density at radius 3 is 2.93 bits per heavy atom. The molecule has 1 aromatic heterocycles. The molecule has 1 N–H and O–H groups in total. The summed E-state index contributed by atoms with van der Waals surface area (Å²) < 4.78 is 4.30. The molecule has 0 radical (unpaired) electrons. The molecule has 1 amide bonds. The molecule has 0 aliphatic carbocycles. The molecule has 0 saturated heterocycles. The Kier molecular flexibility index (Phi) is 4.93. The van der Waals surface area contributed by atoms with Crippen LogP contribution in [0.5, 0.6) is 0 Å². The Morgan fingerprint density at radius 2 is 2.40 bits per heavy atom. The topological polar surface area (TPSA) is 58.1 Å². The molecule has 0 aliphatic heterocycles. The number of nitrogens with one attached hydrogen (secondary N) is 1. The molecule has 0 unspecified atom stereocenters. The molecule has 0 bridgehead atoms. The van der Waals surface area contributed by atoms with Crippen molar-refractivity contribution in [1.29, 1.82) is 0 Å². The van der Waals surface area contributed by atoms with E-state index in [9.17, 15) is 4.79 Å². The highest BCUT2D eigenvalue weighted by Crippen LogP contribution is 2.18. The van der Waals surface area contributed by atoms with Gasteiger partial charge in [-0.15, -0.1) is 5.10 Å². The van der Waals surface area contributed by atoms with Gasteiger partial charge < -0.3 is 5.32 Å². The molecule has 0 aliphatic rings. The van der Waals surface area contributed by atoms with Gasteiger partial charge in [0.1, 0.15) is 10.0 Å². The van der Waals surface area contributed by atoms with Crippen molar-refractivity contribution in [2.45, 2.75) is 13.5 Å². The van der Waals surface area contributed by atoms with E-state index in [4.69, 9.17) is 11.6 Å². The number of hydrogen-bond acceptors (Lipinski definition) is 5. The van der Waals surface area contributed by atoms with Gasteiger partial charge in [0.25, 0.3) is 0 Å². The number of rotatable bonds is 5. The molecule has 0 saturated carbocycles. The molecule has 1 rings (SSSR count). The van der Waals surface area contributed by atoms with Crippen LogP contribution in [0.15, 0.2) is 0 Å². The predicted molar refractivity (Wildman–Crippen MR) is 59.9 cm³/mol. The van der Waals surface area contributed by atoms with Crippen LogP contribution in [0.2, 0.25) is 4.34 Å². The van der Waals surface area contributed by atoms with Crippen molar-refractivity contribution < 1.29 is 4.79 Å². The first-order valence-corrected chi connectivity index (χ1v) is 5.70. The van der Waals surface area contributed by atoms with Crippen molar-refractivity contribution in [2.24, 2.45) is 0 Å². The maximum absolute atomic E-state index is 11.2. The summed E-state index contributed by atoms with van der Waals surface area (Å²) in [5.41, 5.74) is 0.716. The number of carbonyl (C=O) groups is 1. The Bertz CT molecular complexity index is 330. The summed E-state index contributed by atoms with van der Waals surface area (Å²) in [6.07, 6.45) is 0. The molecule has 0 fully saturated rings. The molecule has 0 atom stereocenters. The Balaban J connectivity index is 2.39. The second-order valence-electron chi connectivity index (χ2n) is 3.12. The fraction of sp³-hybridized carbons (Fsp3) is 0.625. The Labute approximate surface area is 97.6 Å². The maximum atomic E-state index is 11.2. The van der Waals surface area contributed by atoms with Crippen LogP contribution < -0.4 is 5.32 Å². The van der Waals surface area contributed by atoms with Gasteiger partial charge in [-0.2, -0.15) is 0 Å². The highest BCUT2D eigenvalue weighted by Gasteiger charge is 2.10. The SMILES string of the molecule is CCNC(=O)CN(C)Cc1nnsc1Cl. The molecule has 0 aromatic carbocycles. The van der Waals surface area contributed by atoms with E-state index in [0.717, 1.165) is 11.5 Å². The maximum Gasteiger partial charge on any atom is 0.234 e. The number of nitrogens with zero attached hydrogens (tertiary/aromatic N) is 3. The number of hydrogen-bond donors (Lipinski definition) is 1. The van der Waals surface area contributed by atoms with Gasteiger partial charge in [0, 0.05) is 24.6 Å². The van der Waals surface area contributed by atoms with Crippen molar-refractivity contribution in [2.75, 3.05) is 20.1 Å². The summed E-state index contributed by atoms with van der Waals surface area (Å²) in [5.74, 6) is -0.000638. The zero-order valence-electron chi connectivity index (χ0n) is 8.66. The van der Waals surface area contributed by atoms with Crippen LogP contribution in [-0.2, 0) is 11.3 Å². The van der Waals surface area contributed by atoms with Crippen LogP contribution >= 0.6 is 23.1 Å². The van der Waals surface area contributed by atoms with Crippen molar-refractivity contribution in [3.8, 4) is 0 Å². The van der Waals surface area contributed by atoms with E-state index in [-0.39, 0.29) is 5.91 Å². The third-order valence-corrected chi connectivity index (χ3v) is 2.70. The van der Waals surface area contributed by atoms with Crippen LogP contribution in [0.1, 0.15) is 12.6 Å². The first-order valence-electron chi connectivity index (χ1n) is 4.55. The monoisotopic (exact) mass is 248 g/mol. The van der Waals surface area contributed by atoms with Gasteiger partial charge in [0.15, 0.2) is 0 Å². The molecular formula is C8H13ClN4OS. The smallest absolute Gasteiger partial charge is 0.234 e. The lowest BCUT2D eigenvalue weighted by molar-refractivity contribution is -0.121. The van der Waals surface area contributed by atoms with Gasteiger partial charge in [-0.25, -0.2) is 0 Å². The Morgan fingerprint density at radius 1 is 1.67 bits per heavy atom. The minimum atomic E-state index is -0.000638. The average Bonchev–Trinajstić information content (AvgIpc) is 2.52. The zero-order chi connectivity index (χ0) is 11.3. The number of amides is 1. The zero-order valence-corrected chi connectivity index (χ0v) is 10.2. The highest BCUT2D eigenvalue weighted by atomic mass is 35.5. The molecular weight excluding hydrogens is 236 g/mol. The lowest BCUT2D eigenvalue weighted by Gasteiger charge is -2.14. The van der Waals surface area contributed by atoms with Crippen molar-refractivity contribution in [3.05, 3.63) is 10.0 Å². The minimum absolute atomic E-state index is 0.000638. The molecule has 15 heavy (non-hydrogen) atoms. The van der Waals surface area contributed by atoms with E-state index in [1.165, 1.54) is 0 Å². The average molecular weight is 249 g/mol. The summed E-state index contributed by atoms with van der Waals surface area (Å²) in [5, 5.41) is 6.60. The number of halogens is 1. The third kappa shape index (κ3) is 4.11. The fourth-order valence-electron chi connectivity index (χ4n) is 1.10. The highest BCUT2D eigenvalue weighted by molar-refractivity contribution is 7.10. The van der Waals surface area contributed by atoms with E-state index in [2.05, 4.69) is 14.9 Å². The number of carbonyl (C=O) groups excluding carboxylic acids is 1. The van der Waals surface area contributed by atoms with Crippen LogP contribution in [0.4, 0.5) is 0 Å². The molecule has 7 heteroatoms. The van der Waals surface area contributed by atoms with Crippen molar-refractivity contribution >= 4 is 29.0 Å². The third-order valence-electron chi connectivity index (χ3n) is 1.72. The standard InChI is InChI=1S/C8H13ClN4OS/c1-3-10-7(14)5-13(2)4-6-8(9)15-12-11-6/h3-5H2,1-2H3,(H,10,14). The molecule has 1 heterocycles. The van der Waals surface area contributed by atoms with E-state index in [0.29, 0.717) is 29.7 Å². The lowest BCUT2D eigenvalue weighted by Crippen LogP contribution is -2.34. The summed E-state index contributed by atoms with van der Waals surface area (Å²) in [7, 11) is 1.84. The fourth-order valence-corrected chi connectivity index (χ4v) is 1.71. The number of aromatic nitrogens is 2.